The Morgan fingerprint density at radius 3 is 2.91 bits per heavy atom. The molecule has 122 valence electrons. The summed E-state index contributed by atoms with van der Waals surface area (Å²) >= 11 is 0. The first-order valence-corrected chi connectivity index (χ1v) is 7.38. The van der Waals surface area contributed by atoms with Crippen LogP contribution in [0.15, 0.2) is 12.4 Å². The van der Waals surface area contributed by atoms with E-state index in [-0.39, 0.29) is 0 Å². The molecule has 0 saturated carbocycles. The minimum Gasteiger partial charge on any atom is -0.481 e. The van der Waals surface area contributed by atoms with Crippen molar-refractivity contribution in [1.29, 1.82) is 0 Å². The Bertz CT molecular complexity index is 511. The average molecular weight is 309 g/mol. The highest BCUT2D eigenvalue weighted by Crippen LogP contribution is 2.35. The molecule has 0 amide bonds. The molecule has 1 saturated heterocycles. The van der Waals surface area contributed by atoms with E-state index in [1.165, 1.54) is 6.33 Å². The lowest BCUT2D eigenvalue weighted by atomic mass is 9.77. The number of ether oxygens (including phenoxy) is 2. The van der Waals surface area contributed by atoms with Crippen LogP contribution in [-0.2, 0) is 20.9 Å². The number of carbonyl (C=O) groups is 1. The number of hydrogen-bond donors (Lipinski definition) is 1. The van der Waals surface area contributed by atoms with Gasteiger partial charge in [-0.15, -0.1) is 0 Å². The lowest BCUT2D eigenvalue weighted by Crippen LogP contribution is -2.48. The van der Waals surface area contributed by atoms with Crippen LogP contribution in [0.1, 0.15) is 25.0 Å². The molecule has 1 atom stereocenters. The van der Waals surface area contributed by atoms with Crippen LogP contribution in [0.4, 0.5) is 5.82 Å². The fourth-order valence-corrected chi connectivity index (χ4v) is 2.90. The normalized spacial score (nSPS) is 21.8. The lowest BCUT2D eigenvalue weighted by Gasteiger charge is -2.40. The molecule has 1 fully saturated rings. The van der Waals surface area contributed by atoms with Crippen molar-refractivity contribution in [2.24, 2.45) is 5.41 Å². The van der Waals surface area contributed by atoms with Crippen molar-refractivity contribution in [1.82, 2.24) is 9.97 Å². The van der Waals surface area contributed by atoms with Crippen molar-refractivity contribution >= 4 is 11.8 Å². The summed E-state index contributed by atoms with van der Waals surface area (Å²) in [5.41, 5.74) is 0.0107. The standard InChI is InChI=1S/C15H23N3O4/c1-21-7-5-15(14(19)20)4-3-6-18(10-15)13-8-12(9-22-2)16-11-17-13/h8,11H,3-7,9-10H2,1-2H3,(H,19,20)/t15-/m0/s1. The van der Waals surface area contributed by atoms with E-state index in [1.54, 1.807) is 14.2 Å². The van der Waals surface area contributed by atoms with Gasteiger partial charge < -0.3 is 19.5 Å². The van der Waals surface area contributed by atoms with E-state index in [0.717, 1.165) is 24.5 Å². The Hall–Kier alpha value is -1.73. The van der Waals surface area contributed by atoms with Crippen LogP contribution < -0.4 is 4.90 Å². The number of piperidine rings is 1. The second-order valence-electron chi connectivity index (χ2n) is 5.65. The summed E-state index contributed by atoms with van der Waals surface area (Å²) in [4.78, 5) is 22.2. The van der Waals surface area contributed by atoms with E-state index in [2.05, 4.69) is 9.97 Å². The average Bonchev–Trinajstić information content (AvgIpc) is 2.53. The second-order valence-corrected chi connectivity index (χ2v) is 5.65. The number of carboxylic acids is 1. The molecule has 0 bridgehead atoms. The zero-order valence-electron chi connectivity index (χ0n) is 13.1. The fourth-order valence-electron chi connectivity index (χ4n) is 2.90. The number of hydrogen-bond acceptors (Lipinski definition) is 6. The van der Waals surface area contributed by atoms with Crippen LogP contribution in [0.5, 0.6) is 0 Å². The third-order valence-corrected chi connectivity index (χ3v) is 4.14. The highest BCUT2D eigenvalue weighted by molar-refractivity contribution is 5.76. The quantitative estimate of drug-likeness (QED) is 0.813. The van der Waals surface area contributed by atoms with Gasteiger partial charge in [-0.3, -0.25) is 4.79 Å². The predicted octanol–water partition coefficient (Wildman–Crippen LogP) is 1.33. The van der Waals surface area contributed by atoms with Crippen molar-refractivity contribution in [2.75, 3.05) is 38.8 Å². The molecule has 1 N–H and O–H groups in total. The van der Waals surface area contributed by atoms with Gasteiger partial charge in [-0.1, -0.05) is 0 Å². The maximum atomic E-state index is 11.8. The van der Waals surface area contributed by atoms with Gasteiger partial charge in [-0.05, 0) is 19.3 Å². The minimum absolute atomic E-state index is 0.414. The van der Waals surface area contributed by atoms with E-state index >= 15 is 0 Å². The largest absolute Gasteiger partial charge is 0.481 e. The molecule has 22 heavy (non-hydrogen) atoms. The maximum Gasteiger partial charge on any atom is 0.311 e. The van der Waals surface area contributed by atoms with E-state index in [0.29, 0.717) is 32.6 Å². The molecule has 1 aromatic heterocycles. The number of nitrogens with zero attached hydrogens (tertiary/aromatic N) is 3. The van der Waals surface area contributed by atoms with Gasteiger partial charge in [0.15, 0.2) is 0 Å². The molecule has 1 aliphatic heterocycles. The Morgan fingerprint density at radius 2 is 2.23 bits per heavy atom. The van der Waals surface area contributed by atoms with Gasteiger partial charge in [0.25, 0.3) is 0 Å². The number of rotatable bonds is 7. The minimum atomic E-state index is -0.777. The zero-order chi connectivity index (χ0) is 16.0. The topological polar surface area (TPSA) is 84.8 Å². The van der Waals surface area contributed by atoms with Crippen LogP contribution in [0, 0.1) is 5.41 Å². The van der Waals surface area contributed by atoms with Crippen molar-refractivity contribution in [3.8, 4) is 0 Å². The van der Waals surface area contributed by atoms with Crippen LogP contribution in [0.3, 0.4) is 0 Å². The summed E-state index contributed by atoms with van der Waals surface area (Å²) in [7, 11) is 3.21. The summed E-state index contributed by atoms with van der Waals surface area (Å²) in [6.07, 6.45) is 3.49. The van der Waals surface area contributed by atoms with Gasteiger partial charge in [0.2, 0.25) is 0 Å². The molecule has 1 aromatic rings. The van der Waals surface area contributed by atoms with Gasteiger partial charge in [0.1, 0.15) is 12.1 Å². The molecule has 0 radical (unpaired) electrons. The Balaban J connectivity index is 2.18. The monoisotopic (exact) mass is 309 g/mol. The Labute approximate surface area is 130 Å². The summed E-state index contributed by atoms with van der Waals surface area (Å²) in [6, 6.07) is 1.86. The van der Waals surface area contributed by atoms with Crippen molar-refractivity contribution in [3.63, 3.8) is 0 Å². The molecule has 0 aliphatic carbocycles. The van der Waals surface area contributed by atoms with Gasteiger partial charge in [0, 0.05) is 40.0 Å². The van der Waals surface area contributed by atoms with Crippen molar-refractivity contribution in [3.05, 3.63) is 18.1 Å². The lowest BCUT2D eigenvalue weighted by molar-refractivity contribution is -0.150. The first kappa shape index (κ1) is 16.6. The molecule has 2 heterocycles. The second kappa shape index (κ2) is 7.51. The molecule has 7 heteroatoms. The SMILES string of the molecule is COCC[C@@]1(C(=O)O)CCCN(c2cc(COC)ncn2)C1. The number of carboxylic acid groups (broad SMARTS) is 1. The molecule has 1 aliphatic rings. The molecular weight excluding hydrogens is 286 g/mol. The third-order valence-electron chi connectivity index (χ3n) is 4.14. The number of aliphatic carboxylic acids is 1. The predicted molar refractivity (Wildman–Crippen MR) is 80.8 cm³/mol. The van der Waals surface area contributed by atoms with E-state index in [4.69, 9.17) is 9.47 Å². The Kier molecular flexibility index (Phi) is 5.68. The first-order valence-electron chi connectivity index (χ1n) is 7.38. The van der Waals surface area contributed by atoms with E-state index < -0.39 is 11.4 Å². The maximum absolute atomic E-state index is 11.8. The highest BCUT2D eigenvalue weighted by atomic mass is 16.5. The molecule has 0 spiro atoms. The van der Waals surface area contributed by atoms with Crippen molar-refractivity contribution in [2.45, 2.75) is 25.9 Å². The van der Waals surface area contributed by atoms with Crippen LogP contribution in [-0.4, -0.2) is 55.0 Å². The number of anilines is 1. The van der Waals surface area contributed by atoms with Crippen molar-refractivity contribution < 1.29 is 19.4 Å². The van der Waals surface area contributed by atoms with Crippen LogP contribution in [0.25, 0.3) is 0 Å². The summed E-state index contributed by atoms with van der Waals surface area (Å²) in [5, 5.41) is 9.68. The molecule has 2 rings (SSSR count). The summed E-state index contributed by atoms with van der Waals surface area (Å²) < 4.78 is 10.2. The summed E-state index contributed by atoms with van der Waals surface area (Å²) in [5.74, 6) is -0.00906. The first-order chi connectivity index (χ1) is 10.6. The summed E-state index contributed by atoms with van der Waals surface area (Å²) in [6.45, 7) is 2.09. The molecule has 7 nitrogen and oxygen atoms in total. The Morgan fingerprint density at radius 1 is 1.41 bits per heavy atom. The van der Waals surface area contributed by atoms with E-state index in [9.17, 15) is 9.90 Å². The van der Waals surface area contributed by atoms with Crippen LogP contribution >= 0.6 is 0 Å². The smallest absolute Gasteiger partial charge is 0.311 e. The highest BCUT2D eigenvalue weighted by Gasteiger charge is 2.42. The number of methoxy groups -OCH3 is 2. The fraction of sp³-hybridized carbons (Fsp3) is 0.667. The zero-order valence-corrected chi connectivity index (χ0v) is 13.1. The van der Waals surface area contributed by atoms with Gasteiger partial charge >= 0.3 is 5.97 Å². The number of aromatic nitrogens is 2. The van der Waals surface area contributed by atoms with Gasteiger partial charge in [0.05, 0.1) is 17.7 Å². The van der Waals surface area contributed by atoms with Gasteiger partial charge in [-0.25, -0.2) is 9.97 Å². The van der Waals surface area contributed by atoms with E-state index in [1.807, 2.05) is 11.0 Å². The molecular formula is C15H23N3O4. The molecule has 0 aromatic carbocycles. The van der Waals surface area contributed by atoms with Gasteiger partial charge in [-0.2, -0.15) is 0 Å². The third kappa shape index (κ3) is 3.72. The van der Waals surface area contributed by atoms with Crippen LogP contribution in [0.2, 0.25) is 0 Å². The molecule has 0 unspecified atom stereocenters.